The van der Waals surface area contributed by atoms with E-state index in [1.54, 1.807) is 25.3 Å². The minimum atomic E-state index is -0.476. The van der Waals surface area contributed by atoms with Crippen molar-refractivity contribution in [3.63, 3.8) is 0 Å². The first-order valence-corrected chi connectivity index (χ1v) is 9.73. The summed E-state index contributed by atoms with van der Waals surface area (Å²) in [6.45, 7) is -0.258. The fourth-order valence-corrected chi connectivity index (χ4v) is 4.03. The molecule has 0 heterocycles. The number of aromatic hydroxyl groups is 1. The summed E-state index contributed by atoms with van der Waals surface area (Å²) < 4.78 is 12.3. The SMILES string of the molecule is COc1cc(Br)c(OCC(=O)NN=Cc2cc(Cl)cc(Br)c2O)c(Br)c1. The Labute approximate surface area is 179 Å². The lowest BCUT2D eigenvalue weighted by Crippen LogP contribution is -2.24. The topological polar surface area (TPSA) is 80.2 Å². The van der Waals surface area contributed by atoms with Crippen LogP contribution < -0.4 is 14.9 Å². The first-order chi connectivity index (χ1) is 12.3. The number of nitrogens with zero attached hydrogens (tertiary/aromatic N) is 1. The Morgan fingerprint density at radius 2 is 1.88 bits per heavy atom. The average Bonchev–Trinajstić information content (AvgIpc) is 2.58. The van der Waals surface area contributed by atoms with E-state index >= 15 is 0 Å². The minimum absolute atomic E-state index is 0.0326. The number of benzene rings is 2. The van der Waals surface area contributed by atoms with Gasteiger partial charge in [-0.25, -0.2) is 5.43 Å². The maximum absolute atomic E-state index is 11.9. The van der Waals surface area contributed by atoms with Crippen LogP contribution >= 0.6 is 59.4 Å². The third-order valence-electron chi connectivity index (χ3n) is 3.01. The maximum Gasteiger partial charge on any atom is 0.277 e. The Morgan fingerprint density at radius 1 is 1.23 bits per heavy atom. The van der Waals surface area contributed by atoms with Crippen LogP contribution in [0.2, 0.25) is 5.02 Å². The molecule has 0 saturated heterocycles. The highest BCUT2D eigenvalue weighted by molar-refractivity contribution is 9.11. The molecule has 0 fully saturated rings. The molecule has 2 N–H and O–H groups in total. The van der Waals surface area contributed by atoms with Crippen molar-refractivity contribution in [1.29, 1.82) is 0 Å². The third-order valence-corrected chi connectivity index (χ3v) is 5.01. The Bertz CT molecular complexity index is 839. The van der Waals surface area contributed by atoms with Gasteiger partial charge in [0.1, 0.15) is 17.2 Å². The van der Waals surface area contributed by atoms with Gasteiger partial charge in [-0.2, -0.15) is 5.10 Å². The maximum atomic E-state index is 11.9. The van der Waals surface area contributed by atoms with Gasteiger partial charge in [-0.05, 0) is 72.1 Å². The number of halogens is 4. The molecule has 0 aliphatic carbocycles. The molecule has 26 heavy (non-hydrogen) atoms. The zero-order valence-electron chi connectivity index (χ0n) is 13.2. The molecule has 0 atom stereocenters. The zero-order chi connectivity index (χ0) is 19.3. The van der Waals surface area contributed by atoms with E-state index in [0.29, 0.717) is 35.5 Å². The quantitative estimate of drug-likeness (QED) is 0.383. The summed E-state index contributed by atoms with van der Waals surface area (Å²) in [6.07, 6.45) is 1.28. The largest absolute Gasteiger partial charge is 0.506 e. The van der Waals surface area contributed by atoms with Crippen molar-refractivity contribution in [3.05, 3.63) is 48.3 Å². The van der Waals surface area contributed by atoms with Crippen molar-refractivity contribution >= 4 is 71.5 Å². The molecule has 0 aliphatic rings. The molecule has 0 aromatic heterocycles. The van der Waals surface area contributed by atoms with E-state index in [1.807, 2.05) is 0 Å². The highest BCUT2D eigenvalue weighted by atomic mass is 79.9. The van der Waals surface area contributed by atoms with Crippen molar-refractivity contribution in [1.82, 2.24) is 5.43 Å². The average molecular weight is 571 g/mol. The Morgan fingerprint density at radius 3 is 2.50 bits per heavy atom. The smallest absolute Gasteiger partial charge is 0.277 e. The van der Waals surface area contributed by atoms with Gasteiger partial charge in [0.15, 0.2) is 6.61 Å². The highest BCUT2D eigenvalue weighted by Crippen LogP contribution is 2.37. The Balaban J connectivity index is 1.96. The van der Waals surface area contributed by atoms with Crippen molar-refractivity contribution in [3.8, 4) is 17.2 Å². The molecule has 0 radical (unpaired) electrons. The highest BCUT2D eigenvalue weighted by Gasteiger charge is 2.11. The Hall–Kier alpha value is -1.29. The second kappa shape index (κ2) is 9.59. The number of amides is 1. The third kappa shape index (κ3) is 5.60. The summed E-state index contributed by atoms with van der Waals surface area (Å²) >= 11 is 15.8. The molecule has 0 bridgehead atoms. The number of ether oxygens (including phenoxy) is 2. The Kier molecular flexibility index (Phi) is 7.75. The number of hydrogen-bond donors (Lipinski definition) is 2. The van der Waals surface area contributed by atoms with Gasteiger partial charge in [0, 0.05) is 10.6 Å². The van der Waals surface area contributed by atoms with Gasteiger partial charge in [0.25, 0.3) is 5.91 Å². The predicted octanol–water partition coefficient (Wildman–Crippen LogP) is 4.87. The van der Waals surface area contributed by atoms with Gasteiger partial charge in [0.05, 0.1) is 26.7 Å². The lowest BCUT2D eigenvalue weighted by atomic mass is 10.2. The number of nitrogens with one attached hydrogen (secondary N) is 1. The van der Waals surface area contributed by atoms with Crippen LogP contribution in [-0.2, 0) is 4.79 Å². The molecule has 0 saturated carbocycles. The predicted molar refractivity (Wildman–Crippen MR) is 110 cm³/mol. The monoisotopic (exact) mass is 568 g/mol. The summed E-state index contributed by atoms with van der Waals surface area (Å²) in [5.74, 6) is 0.588. The van der Waals surface area contributed by atoms with E-state index in [0.717, 1.165) is 0 Å². The van der Waals surface area contributed by atoms with Gasteiger partial charge in [0.2, 0.25) is 0 Å². The summed E-state index contributed by atoms with van der Waals surface area (Å²) in [5, 5.41) is 14.1. The molecule has 2 rings (SSSR count). The zero-order valence-corrected chi connectivity index (χ0v) is 18.7. The van der Waals surface area contributed by atoms with Gasteiger partial charge < -0.3 is 14.6 Å². The number of carbonyl (C=O) groups excluding carboxylic acids is 1. The number of hydrogen-bond acceptors (Lipinski definition) is 5. The normalized spacial score (nSPS) is 10.8. The molecule has 2 aromatic rings. The van der Waals surface area contributed by atoms with Crippen LogP contribution in [0, 0.1) is 0 Å². The number of methoxy groups -OCH3 is 1. The summed E-state index contributed by atoms with van der Waals surface area (Å²) in [6, 6.07) is 6.50. The van der Waals surface area contributed by atoms with E-state index in [9.17, 15) is 9.90 Å². The van der Waals surface area contributed by atoms with Crippen LogP contribution in [0.1, 0.15) is 5.56 Å². The number of phenolic OH excluding ortho intramolecular Hbond substituents is 1. The number of carbonyl (C=O) groups is 1. The van der Waals surface area contributed by atoms with Crippen LogP contribution in [-0.4, -0.2) is 30.9 Å². The summed E-state index contributed by atoms with van der Waals surface area (Å²) in [5.41, 5.74) is 2.66. The van der Waals surface area contributed by atoms with Crippen molar-refractivity contribution in [2.24, 2.45) is 5.10 Å². The van der Waals surface area contributed by atoms with E-state index < -0.39 is 5.91 Å². The van der Waals surface area contributed by atoms with Gasteiger partial charge >= 0.3 is 0 Å². The molecule has 1 amide bonds. The standard InChI is InChI=1S/C16H12Br3ClN2O4/c1-25-10-4-12(18)16(13(19)5-10)26-7-14(23)22-21-6-8-2-9(20)3-11(17)15(8)24/h2-6,24H,7H2,1H3,(H,22,23). The van der Waals surface area contributed by atoms with Crippen molar-refractivity contribution in [2.45, 2.75) is 0 Å². The van der Waals surface area contributed by atoms with Crippen LogP contribution in [0.5, 0.6) is 17.2 Å². The number of rotatable bonds is 6. The second-order valence-corrected chi connectivity index (χ2v) is 7.83. The van der Waals surface area contributed by atoms with Gasteiger partial charge in [-0.3, -0.25) is 4.79 Å². The van der Waals surface area contributed by atoms with Crippen molar-refractivity contribution in [2.75, 3.05) is 13.7 Å². The number of hydrazone groups is 1. The molecule has 2 aromatic carbocycles. The minimum Gasteiger partial charge on any atom is -0.506 e. The molecule has 138 valence electrons. The molecule has 0 unspecified atom stereocenters. The summed E-state index contributed by atoms with van der Waals surface area (Å²) in [7, 11) is 1.55. The first-order valence-electron chi connectivity index (χ1n) is 6.97. The lowest BCUT2D eigenvalue weighted by Gasteiger charge is -2.11. The van der Waals surface area contributed by atoms with Crippen LogP contribution in [0.25, 0.3) is 0 Å². The van der Waals surface area contributed by atoms with Crippen LogP contribution in [0.4, 0.5) is 0 Å². The van der Waals surface area contributed by atoms with E-state index in [1.165, 1.54) is 12.3 Å². The molecule has 6 nitrogen and oxygen atoms in total. The van der Waals surface area contributed by atoms with Crippen molar-refractivity contribution < 1.29 is 19.4 Å². The molecule has 10 heteroatoms. The first kappa shape index (κ1) is 21.0. The van der Waals surface area contributed by atoms with E-state index in [2.05, 4.69) is 58.3 Å². The number of phenols is 1. The summed E-state index contributed by atoms with van der Waals surface area (Å²) in [4.78, 5) is 11.9. The molecular weight excluding hydrogens is 559 g/mol. The van der Waals surface area contributed by atoms with E-state index in [-0.39, 0.29) is 12.4 Å². The lowest BCUT2D eigenvalue weighted by molar-refractivity contribution is -0.123. The molecule has 0 aliphatic heterocycles. The van der Waals surface area contributed by atoms with Crippen LogP contribution in [0.3, 0.4) is 0 Å². The van der Waals surface area contributed by atoms with Gasteiger partial charge in [-0.1, -0.05) is 11.6 Å². The molecule has 0 spiro atoms. The fourth-order valence-electron chi connectivity index (χ4n) is 1.82. The molecular formula is C16H12Br3ClN2O4. The fraction of sp³-hybridized carbons (Fsp3) is 0.125. The van der Waals surface area contributed by atoms with E-state index in [4.69, 9.17) is 21.1 Å². The van der Waals surface area contributed by atoms with Gasteiger partial charge in [-0.15, -0.1) is 0 Å². The van der Waals surface area contributed by atoms with Crippen LogP contribution in [0.15, 0.2) is 42.8 Å². The second-order valence-electron chi connectivity index (χ2n) is 4.83.